The molecule has 2 aromatic carbocycles. The third-order valence-electron chi connectivity index (χ3n) is 5.71. The van der Waals surface area contributed by atoms with Gasteiger partial charge in [-0.25, -0.2) is 0 Å². The number of carbonyl (C=O) groups excluding carboxylic acids is 1. The highest BCUT2D eigenvalue weighted by atomic mass is 35.5. The van der Waals surface area contributed by atoms with Crippen molar-refractivity contribution < 1.29 is 4.79 Å². The van der Waals surface area contributed by atoms with Gasteiger partial charge in [-0.2, -0.15) is 0 Å². The molecule has 2 fully saturated rings. The van der Waals surface area contributed by atoms with E-state index in [2.05, 4.69) is 36.2 Å². The van der Waals surface area contributed by atoms with E-state index in [0.717, 1.165) is 11.1 Å². The summed E-state index contributed by atoms with van der Waals surface area (Å²) in [6.07, 6.45) is 2.54. The van der Waals surface area contributed by atoms with Gasteiger partial charge in [0.1, 0.15) is 5.82 Å². The van der Waals surface area contributed by atoms with E-state index in [-0.39, 0.29) is 11.8 Å². The fourth-order valence-corrected chi connectivity index (χ4v) is 4.12. The van der Waals surface area contributed by atoms with Gasteiger partial charge in [0, 0.05) is 12.1 Å². The van der Waals surface area contributed by atoms with Crippen LogP contribution in [0.4, 0.5) is 0 Å². The molecule has 1 saturated carbocycles. The molecule has 2 aliphatic rings. The maximum atomic E-state index is 13.2. The Morgan fingerprint density at radius 3 is 2.42 bits per heavy atom. The van der Waals surface area contributed by atoms with Gasteiger partial charge in [-0.3, -0.25) is 4.79 Å². The Morgan fingerprint density at radius 1 is 1.15 bits per heavy atom. The maximum absolute atomic E-state index is 13.2. The van der Waals surface area contributed by atoms with Crippen molar-refractivity contribution >= 4 is 17.5 Å². The molecule has 1 aliphatic carbocycles. The third kappa shape index (κ3) is 2.80. The van der Waals surface area contributed by atoms with E-state index in [1.807, 2.05) is 31.2 Å². The minimum Gasteiger partial charge on any atom is -0.362 e. The summed E-state index contributed by atoms with van der Waals surface area (Å²) < 4.78 is 0. The van der Waals surface area contributed by atoms with Gasteiger partial charge in [0.2, 0.25) is 5.91 Å². The number of carbonyl (C=O) groups is 1. The summed E-state index contributed by atoms with van der Waals surface area (Å²) in [5.74, 6) is 0.981. The highest BCUT2D eigenvalue weighted by Gasteiger charge is 2.47. The summed E-state index contributed by atoms with van der Waals surface area (Å²) in [5.41, 5.74) is 2.73. The molecule has 4 rings (SSSR count). The molecular weight excluding hydrogens is 344 g/mol. The van der Waals surface area contributed by atoms with Crippen LogP contribution in [-0.2, 0) is 10.3 Å². The fraction of sp³-hybridized carbons (Fsp3) is 0.318. The summed E-state index contributed by atoms with van der Waals surface area (Å²) in [6.45, 7) is 6.07. The zero-order valence-corrected chi connectivity index (χ0v) is 15.9. The van der Waals surface area contributed by atoms with Crippen LogP contribution in [0.15, 0.2) is 60.9 Å². The van der Waals surface area contributed by atoms with Crippen molar-refractivity contribution in [3.8, 4) is 0 Å². The van der Waals surface area contributed by atoms with Crippen LogP contribution in [0.1, 0.15) is 48.3 Å². The Kier molecular flexibility index (Phi) is 4.07. The Hall–Kier alpha value is -2.26. The van der Waals surface area contributed by atoms with Gasteiger partial charge in [-0.05, 0) is 54.5 Å². The largest absolute Gasteiger partial charge is 0.362 e. The normalized spacial score (nSPS) is 26.0. The minimum absolute atomic E-state index is 0.0374. The smallest absolute Gasteiger partial charge is 0.238 e. The molecule has 134 valence electrons. The first-order chi connectivity index (χ1) is 12.4. The monoisotopic (exact) mass is 366 g/mol. The van der Waals surface area contributed by atoms with Crippen molar-refractivity contribution in [2.24, 2.45) is 0 Å². The van der Waals surface area contributed by atoms with E-state index in [1.165, 1.54) is 18.4 Å². The van der Waals surface area contributed by atoms with Crippen LogP contribution in [0.25, 0.3) is 0 Å². The molecule has 0 aromatic heterocycles. The molecule has 0 bridgehead atoms. The molecule has 1 heterocycles. The summed E-state index contributed by atoms with van der Waals surface area (Å²) in [4.78, 5) is 14.8. The van der Waals surface area contributed by atoms with Crippen LogP contribution < -0.4 is 5.32 Å². The Morgan fingerprint density at radius 2 is 1.81 bits per heavy atom. The van der Waals surface area contributed by atoms with Crippen molar-refractivity contribution in [2.75, 3.05) is 7.05 Å². The van der Waals surface area contributed by atoms with E-state index >= 15 is 0 Å². The average Bonchev–Trinajstić information content (AvgIpc) is 3.46. The summed E-state index contributed by atoms with van der Waals surface area (Å²) in [7, 11) is 1.76. The number of amides is 1. The van der Waals surface area contributed by atoms with Gasteiger partial charge in [-0.15, -0.1) is 0 Å². The lowest BCUT2D eigenvalue weighted by Crippen LogP contribution is -2.57. The molecule has 1 N–H and O–H groups in total. The molecule has 1 saturated heterocycles. The van der Waals surface area contributed by atoms with E-state index in [0.29, 0.717) is 16.8 Å². The topological polar surface area (TPSA) is 32.3 Å². The quantitative estimate of drug-likeness (QED) is 0.850. The predicted octanol–water partition coefficient (Wildman–Crippen LogP) is 4.75. The first-order valence-corrected chi connectivity index (χ1v) is 9.38. The van der Waals surface area contributed by atoms with Crippen LogP contribution in [0.2, 0.25) is 5.02 Å². The lowest BCUT2D eigenvalue weighted by atomic mass is 9.73. The standard InChI is InChI=1S/C22H23ClN2O/c1-14-24-22(2,18-5-4-6-19(23)13-18)20(21(26)25(14)3)17-11-9-16(10-12-17)15-7-8-15/h4-6,9-13,15,20,24H,1,7-8H2,2-3H3/t20-,22+/m0/s1. The van der Waals surface area contributed by atoms with Crippen LogP contribution in [0, 0.1) is 0 Å². The van der Waals surface area contributed by atoms with Crippen LogP contribution >= 0.6 is 11.6 Å². The molecule has 2 atom stereocenters. The van der Waals surface area contributed by atoms with E-state index in [9.17, 15) is 4.79 Å². The second kappa shape index (κ2) is 6.17. The first kappa shape index (κ1) is 17.2. The zero-order valence-electron chi connectivity index (χ0n) is 15.1. The van der Waals surface area contributed by atoms with Gasteiger partial charge in [0.25, 0.3) is 0 Å². The number of likely N-dealkylation sites (N-methyl/N-ethyl adjacent to an activating group) is 1. The van der Waals surface area contributed by atoms with Gasteiger partial charge in [-0.1, -0.05) is 54.6 Å². The summed E-state index contributed by atoms with van der Waals surface area (Å²) >= 11 is 6.24. The average molecular weight is 367 g/mol. The third-order valence-corrected chi connectivity index (χ3v) is 5.94. The van der Waals surface area contributed by atoms with Crippen LogP contribution in [0.3, 0.4) is 0 Å². The Balaban J connectivity index is 1.80. The van der Waals surface area contributed by atoms with Crippen molar-refractivity contribution in [2.45, 2.75) is 37.1 Å². The first-order valence-electron chi connectivity index (χ1n) is 9.01. The Labute approximate surface area is 159 Å². The van der Waals surface area contributed by atoms with Crippen molar-refractivity contribution in [1.29, 1.82) is 0 Å². The lowest BCUT2D eigenvalue weighted by molar-refractivity contribution is -0.134. The highest BCUT2D eigenvalue weighted by Crippen LogP contribution is 2.44. The number of halogens is 1. The van der Waals surface area contributed by atoms with E-state index < -0.39 is 5.54 Å². The van der Waals surface area contributed by atoms with Gasteiger partial charge in [0.05, 0.1) is 11.5 Å². The van der Waals surface area contributed by atoms with Gasteiger partial charge >= 0.3 is 0 Å². The van der Waals surface area contributed by atoms with Crippen LogP contribution in [-0.4, -0.2) is 17.9 Å². The molecule has 1 aliphatic heterocycles. The molecule has 4 heteroatoms. The molecule has 3 nitrogen and oxygen atoms in total. The number of benzene rings is 2. The van der Waals surface area contributed by atoms with E-state index in [4.69, 9.17) is 11.6 Å². The molecular formula is C22H23ClN2O. The second-order valence-corrected chi connectivity index (χ2v) is 7.99. The molecule has 0 unspecified atom stereocenters. The predicted molar refractivity (Wildman–Crippen MR) is 105 cm³/mol. The van der Waals surface area contributed by atoms with Gasteiger partial charge in [0.15, 0.2) is 0 Å². The molecule has 26 heavy (non-hydrogen) atoms. The molecule has 0 spiro atoms. The van der Waals surface area contributed by atoms with Gasteiger partial charge < -0.3 is 10.2 Å². The van der Waals surface area contributed by atoms with E-state index in [1.54, 1.807) is 11.9 Å². The van der Waals surface area contributed by atoms with Crippen LogP contribution in [0.5, 0.6) is 0 Å². The van der Waals surface area contributed by atoms with Crippen molar-refractivity contribution in [1.82, 2.24) is 10.2 Å². The lowest BCUT2D eigenvalue weighted by Gasteiger charge is -2.47. The summed E-state index contributed by atoms with van der Waals surface area (Å²) in [5, 5.41) is 4.12. The highest BCUT2D eigenvalue weighted by molar-refractivity contribution is 6.30. The minimum atomic E-state index is -0.618. The maximum Gasteiger partial charge on any atom is 0.238 e. The van der Waals surface area contributed by atoms with Crippen molar-refractivity contribution in [3.05, 3.63) is 82.6 Å². The number of rotatable bonds is 3. The molecule has 1 amide bonds. The number of nitrogens with zero attached hydrogens (tertiary/aromatic N) is 1. The Bertz CT molecular complexity index is 872. The number of hydrogen-bond acceptors (Lipinski definition) is 2. The molecule has 2 aromatic rings. The van der Waals surface area contributed by atoms with Crippen molar-refractivity contribution in [3.63, 3.8) is 0 Å². The fourth-order valence-electron chi connectivity index (χ4n) is 3.93. The molecule has 0 radical (unpaired) electrons. The SMILES string of the molecule is C=C1N[C@](C)(c2cccc(Cl)c2)[C@@H](c2ccc(C3CC3)cc2)C(=O)N1C. The number of nitrogens with one attached hydrogen (secondary N) is 1. The summed E-state index contributed by atoms with van der Waals surface area (Å²) in [6, 6.07) is 16.2. The second-order valence-electron chi connectivity index (χ2n) is 7.56. The zero-order chi connectivity index (χ0) is 18.5. The number of hydrogen-bond donors (Lipinski definition) is 1.